The van der Waals surface area contributed by atoms with Gasteiger partial charge in [0.25, 0.3) is 0 Å². The molecule has 1 N–H and O–H groups in total. The molecule has 0 amide bonds. The Balaban J connectivity index is 2.13. The van der Waals surface area contributed by atoms with Gasteiger partial charge in [0, 0.05) is 24.8 Å². The van der Waals surface area contributed by atoms with Crippen molar-refractivity contribution in [1.82, 2.24) is 14.9 Å². The minimum absolute atomic E-state index is 0.241. The van der Waals surface area contributed by atoms with E-state index in [0.717, 1.165) is 11.3 Å². The Kier molecular flexibility index (Phi) is 5.71. The van der Waals surface area contributed by atoms with Gasteiger partial charge in [-0.25, -0.2) is 14.6 Å². The minimum Gasteiger partial charge on any atom is -0.463 e. The average molecular weight is 367 g/mol. The Hall–Kier alpha value is -3.35. The van der Waals surface area contributed by atoms with Crippen molar-refractivity contribution in [2.75, 3.05) is 13.2 Å². The van der Waals surface area contributed by atoms with Gasteiger partial charge >= 0.3 is 11.9 Å². The molecule has 1 aliphatic rings. The number of hydrogen-bond donors (Lipinski definition) is 1. The first-order valence-corrected chi connectivity index (χ1v) is 8.75. The van der Waals surface area contributed by atoms with Crippen molar-refractivity contribution in [2.24, 2.45) is 0 Å². The van der Waals surface area contributed by atoms with Crippen molar-refractivity contribution in [3.05, 3.63) is 72.1 Å². The van der Waals surface area contributed by atoms with Gasteiger partial charge in [-0.1, -0.05) is 18.2 Å². The Labute approximate surface area is 157 Å². The van der Waals surface area contributed by atoms with Crippen molar-refractivity contribution >= 4 is 11.9 Å². The van der Waals surface area contributed by atoms with Gasteiger partial charge in [-0.2, -0.15) is 0 Å². The normalized spacial score (nSPS) is 14.0. The Bertz CT molecular complexity index is 850. The number of dihydropyridines is 1. The number of para-hydroxylation sites is 1. The second-order valence-electron chi connectivity index (χ2n) is 5.77. The van der Waals surface area contributed by atoms with Crippen LogP contribution < -0.4 is 5.32 Å². The Morgan fingerprint density at radius 3 is 2.26 bits per heavy atom. The van der Waals surface area contributed by atoms with Gasteiger partial charge in [-0.15, -0.1) is 0 Å². The Morgan fingerprint density at radius 2 is 1.70 bits per heavy atom. The molecule has 0 saturated carbocycles. The lowest BCUT2D eigenvalue weighted by Gasteiger charge is -2.26. The first kappa shape index (κ1) is 18.4. The molecule has 0 saturated heterocycles. The first-order chi connectivity index (χ1) is 13.2. The second-order valence-corrected chi connectivity index (χ2v) is 5.77. The van der Waals surface area contributed by atoms with Crippen LogP contribution in [-0.2, 0) is 19.1 Å². The summed E-state index contributed by atoms with van der Waals surface area (Å²) in [6, 6.07) is 7.54. The van der Waals surface area contributed by atoms with Crippen molar-refractivity contribution in [1.29, 1.82) is 0 Å². The minimum atomic E-state index is -0.622. The van der Waals surface area contributed by atoms with Gasteiger partial charge in [0.05, 0.1) is 42.3 Å². The molecule has 0 fully saturated rings. The van der Waals surface area contributed by atoms with E-state index in [0.29, 0.717) is 11.1 Å². The standard InChI is InChI=1S/C20H21N3O4/c1-3-26-19(24)15-11-22-12-16(20(25)27-4-2)18(15)14-7-5-6-8-17(14)23-10-9-21-13-23/h5-13,18,22H,3-4H2,1-2H3. The van der Waals surface area contributed by atoms with Crippen LogP contribution in [0.1, 0.15) is 25.3 Å². The summed E-state index contributed by atoms with van der Waals surface area (Å²) in [5.41, 5.74) is 2.27. The van der Waals surface area contributed by atoms with Crippen molar-refractivity contribution < 1.29 is 19.1 Å². The van der Waals surface area contributed by atoms with Gasteiger partial charge in [-0.3, -0.25) is 0 Å². The van der Waals surface area contributed by atoms with Crippen LogP contribution in [0.25, 0.3) is 5.69 Å². The van der Waals surface area contributed by atoms with Crippen LogP contribution in [0.4, 0.5) is 0 Å². The van der Waals surface area contributed by atoms with E-state index in [9.17, 15) is 9.59 Å². The topological polar surface area (TPSA) is 82.5 Å². The number of benzene rings is 1. The summed E-state index contributed by atoms with van der Waals surface area (Å²) in [6.45, 7) is 3.96. The van der Waals surface area contributed by atoms with E-state index < -0.39 is 17.9 Å². The molecule has 7 nitrogen and oxygen atoms in total. The van der Waals surface area contributed by atoms with Crippen LogP contribution in [0.5, 0.6) is 0 Å². The van der Waals surface area contributed by atoms with E-state index in [1.807, 2.05) is 28.8 Å². The monoisotopic (exact) mass is 367 g/mol. The Morgan fingerprint density at radius 1 is 1.07 bits per heavy atom. The zero-order valence-corrected chi connectivity index (χ0v) is 15.2. The molecule has 2 heterocycles. The fourth-order valence-corrected chi connectivity index (χ4v) is 3.04. The smallest absolute Gasteiger partial charge is 0.336 e. The predicted octanol–water partition coefficient (Wildman–Crippen LogP) is 2.45. The summed E-state index contributed by atoms with van der Waals surface area (Å²) in [5.74, 6) is -1.58. The van der Waals surface area contributed by atoms with Gasteiger partial charge in [-0.05, 0) is 25.5 Å². The molecule has 7 heteroatoms. The van der Waals surface area contributed by atoms with Crippen LogP contribution in [0.2, 0.25) is 0 Å². The maximum absolute atomic E-state index is 12.6. The number of imidazole rings is 1. The maximum atomic E-state index is 12.6. The lowest BCUT2D eigenvalue weighted by atomic mass is 9.82. The van der Waals surface area contributed by atoms with E-state index in [1.54, 1.807) is 45.0 Å². The number of hydrogen-bond acceptors (Lipinski definition) is 6. The highest BCUT2D eigenvalue weighted by Gasteiger charge is 2.35. The van der Waals surface area contributed by atoms with Crippen LogP contribution in [0.3, 0.4) is 0 Å². The second kappa shape index (κ2) is 8.35. The third kappa shape index (κ3) is 3.76. The SMILES string of the molecule is CCOC(=O)C1=CNC=C(C(=O)OCC)C1c1ccccc1-n1ccnc1. The quantitative estimate of drug-likeness (QED) is 0.790. The van der Waals surface area contributed by atoms with Crippen molar-refractivity contribution in [3.63, 3.8) is 0 Å². The number of aromatic nitrogens is 2. The molecule has 3 rings (SSSR count). The number of rotatable bonds is 6. The van der Waals surface area contributed by atoms with Gasteiger partial charge in [0.2, 0.25) is 0 Å². The molecule has 1 aliphatic heterocycles. The van der Waals surface area contributed by atoms with Crippen molar-refractivity contribution in [3.8, 4) is 5.69 Å². The van der Waals surface area contributed by atoms with Gasteiger partial charge in [0.1, 0.15) is 0 Å². The van der Waals surface area contributed by atoms with E-state index in [1.165, 1.54) is 0 Å². The molecule has 1 aromatic heterocycles. The van der Waals surface area contributed by atoms with Crippen LogP contribution in [-0.4, -0.2) is 34.7 Å². The molecule has 0 atom stereocenters. The molecule has 0 unspecified atom stereocenters. The summed E-state index contributed by atoms with van der Waals surface area (Å²) < 4.78 is 12.2. The highest BCUT2D eigenvalue weighted by Crippen LogP contribution is 2.37. The third-order valence-electron chi connectivity index (χ3n) is 4.15. The lowest BCUT2D eigenvalue weighted by Crippen LogP contribution is -2.27. The third-order valence-corrected chi connectivity index (χ3v) is 4.15. The number of carbonyl (C=O) groups excluding carboxylic acids is 2. The number of carbonyl (C=O) groups is 2. The number of ether oxygens (including phenoxy) is 2. The van der Waals surface area contributed by atoms with Gasteiger partial charge in [0.15, 0.2) is 0 Å². The van der Waals surface area contributed by atoms with E-state index in [-0.39, 0.29) is 13.2 Å². The highest BCUT2D eigenvalue weighted by molar-refractivity contribution is 5.99. The fourth-order valence-electron chi connectivity index (χ4n) is 3.04. The zero-order valence-electron chi connectivity index (χ0n) is 15.2. The molecular formula is C20H21N3O4. The lowest BCUT2D eigenvalue weighted by molar-refractivity contribution is -0.139. The highest BCUT2D eigenvalue weighted by atomic mass is 16.5. The number of esters is 2. The number of nitrogens with one attached hydrogen (secondary N) is 1. The zero-order chi connectivity index (χ0) is 19.2. The molecule has 2 aromatic rings. The predicted molar refractivity (Wildman–Crippen MR) is 98.9 cm³/mol. The largest absolute Gasteiger partial charge is 0.463 e. The van der Waals surface area contributed by atoms with E-state index in [2.05, 4.69) is 10.3 Å². The molecule has 140 valence electrons. The fraction of sp³-hybridized carbons (Fsp3) is 0.250. The summed E-state index contributed by atoms with van der Waals surface area (Å²) in [6.07, 6.45) is 8.28. The van der Waals surface area contributed by atoms with Crippen LogP contribution in [0, 0.1) is 0 Å². The summed E-state index contributed by atoms with van der Waals surface area (Å²) in [5, 5.41) is 2.87. The summed E-state index contributed by atoms with van der Waals surface area (Å²) >= 11 is 0. The summed E-state index contributed by atoms with van der Waals surface area (Å²) in [7, 11) is 0. The molecule has 0 radical (unpaired) electrons. The molecule has 1 aromatic carbocycles. The van der Waals surface area contributed by atoms with Gasteiger partial charge < -0.3 is 19.4 Å². The molecular weight excluding hydrogens is 346 g/mol. The van der Waals surface area contributed by atoms with Crippen molar-refractivity contribution in [2.45, 2.75) is 19.8 Å². The maximum Gasteiger partial charge on any atom is 0.336 e. The van der Waals surface area contributed by atoms with Crippen LogP contribution >= 0.6 is 0 Å². The summed E-state index contributed by atoms with van der Waals surface area (Å²) in [4.78, 5) is 29.2. The molecule has 0 bridgehead atoms. The molecule has 0 spiro atoms. The average Bonchev–Trinajstić information content (AvgIpc) is 3.22. The van der Waals surface area contributed by atoms with E-state index >= 15 is 0 Å². The van der Waals surface area contributed by atoms with Crippen LogP contribution in [0.15, 0.2) is 66.5 Å². The number of nitrogens with zero attached hydrogens (tertiary/aromatic N) is 2. The molecule has 0 aliphatic carbocycles. The van der Waals surface area contributed by atoms with E-state index in [4.69, 9.17) is 9.47 Å². The molecule has 27 heavy (non-hydrogen) atoms. The first-order valence-electron chi connectivity index (χ1n) is 8.75.